The maximum Gasteiger partial charge on any atom is 0.249 e. The van der Waals surface area contributed by atoms with Gasteiger partial charge in [-0.1, -0.05) is 41.1 Å². The lowest BCUT2D eigenvalue weighted by atomic mass is 10.0. The van der Waals surface area contributed by atoms with Gasteiger partial charge in [0.1, 0.15) is 11.8 Å². The second-order valence-electron chi connectivity index (χ2n) is 7.39. The Kier molecular flexibility index (Phi) is 5.34. The van der Waals surface area contributed by atoms with E-state index in [4.69, 9.17) is 9.26 Å². The highest BCUT2D eigenvalue weighted by atomic mass is 16.5. The van der Waals surface area contributed by atoms with E-state index >= 15 is 0 Å². The summed E-state index contributed by atoms with van der Waals surface area (Å²) >= 11 is 0. The van der Waals surface area contributed by atoms with Crippen LogP contribution in [0.25, 0.3) is 11.4 Å². The van der Waals surface area contributed by atoms with Gasteiger partial charge in [0.15, 0.2) is 0 Å². The van der Waals surface area contributed by atoms with E-state index in [2.05, 4.69) is 42.2 Å². The highest BCUT2D eigenvalue weighted by molar-refractivity contribution is 5.79. The summed E-state index contributed by atoms with van der Waals surface area (Å²) in [5, 5.41) is 4.17. The Morgan fingerprint density at radius 2 is 2.03 bits per heavy atom. The van der Waals surface area contributed by atoms with Crippen LogP contribution in [0.4, 0.5) is 0 Å². The second-order valence-corrected chi connectivity index (χ2v) is 7.39. The first-order valence-corrected chi connectivity index (χ1v) is 9.98. The molecule has 3 aromatic rings. The molecule has 4 rings (SSSR count). The number of para-hydroxylation sites is 1. The minimum absolute atomic E-state index is 0.116. The molecule has 1 aromatic heterocycles. The van der Waals surface area contributed by atoms with Gasteiger partial charge in [-0.15, -0.1) is 0 Å². The predicted octanol–water partition coefficient (Wildman–Crippen LogP) is 4.62. The molecule has 0 saturated carbocycles. The normalized spacial score (nSPS) is 16.4. The molecule has 0 radical (unpaired) electrons. The Bertz CT molecular complexity index is 1030. The lowest BCUT2D eigenvalue weighted by Gasteiger charge is -2.23. The standard InChI is InChI=1S/C23H25N3O3/c1-4-28-20-8-6-5-7-18(20)22-24-23(29-25-22)19-11-12-21(27)26(19)14-17-13-15(2)9-10-16(17)3/h5-10,13,19H,4,11-12,14H2,1-3H3. The van der Waals surface area contributed by atoms with Gasteiger partial charge in [0.05, 0.1) is 12.2 Å². The van der Waals surface area contributed by atoms with Crippen molar-refractivity contribution in [3.05, 3.63) is 65.0 Å². The monoisotopic (exact) mass is 391 g/mol. The molecule has 0 aliphatic carbocycles. The van der Waals surface area contributed by atoms with Gasteiger partial charge in [0, 0.05) is 13.0 Å². The van der Waals surface area contributed by atoms with Crippen LogP contribution in [0.1, 0.15) is 48.4 Å². The fourth-order valence-electron chi connectivity index (χ4n) is 3.76. The molecule has 1 saturated heterocycles. The molecule has 2 heterocycles. The number of ether oxygens (including phenoxy) is 1. The van der Waals surface area contributed by atoms with Crippen LogP contribution >= 0.6 is 0 Å². The number of aromatic nitrogens is 2. The van der Waals surface area contributed by atoms with Crippen LogP contribution in [0.5, 0.6) is 5.75 Å². The molecule has 0 spiro atoms. The van der Waals surface area contributed by atoms with Crippen LogP contribution in [0, 0.1) is 13.8 Å². The zero-order chi connectivity index (χ0) is 20.4. The number of aryl methyl sites for hydroxylation is 2. The molecule has 6 nitrogen and oxygen atoms in total. The molecular formula is C23H25N3O3. The lowest BCUT2D eigenvalue weighted by Crippen LogP contribution is -2.27. The number of rotatable bonds is 6. The summed E-state index contributed by atoms with van der Waals surface area (Å²) in [6, 6.07) is 13.7. The quantitative estimate of drug-likeness (QED) is 0.613. The Morgan fingerprint density at radius 1 is 1.21 bits per heavy atom. The van der Waals surface area contributed by atoms with Crippen molar-refractivity contribution in [3.8, 4) is 17.1 Å². The Labute approximate surface area is 170 Å². The van der Waals surface area contributed by atoms with Crippen LogP contribution in [0.3, 0.4) is 0 Å². The molecule has 0 bridgehead atoms. The predicted molar refractivity (Wildman–Crippen MR) is 109 cm³/mol. The Balaban J connectivity index is 1.61. The van der Waals surface area contributed by atoms with E-state index in [1.807, 2.05) is 36.1 Å². The first-order valence-electron chi connectivity index (χ1n) is 9.98. The SMILES string of the molecule is CCOc1ccccc1-c1noc(C2CCC(=O)N2Cc2cc(C)ccc2C)n1. The zero-order valence-corrected chi connectivity index (χ0v) is 17.0. The van der Waals surface area contributed by atoms with Crippen LogP contribution in [0.2, 0.25) is 0 Å². The van der Waals surface area contributed by atoms with E-state index < -0.39 is 0 Å². The number of carbonyl (C=O) groups excluding carboxylic acids is 1. The molecule has 1 aliphatic rings. The van der Waals surface area contributed by atoms with E-state index in [1.54, 1.807) is 0 Å². The first kappa shape index (κ1) is 19.2. The van der Waals surface area contributed by atoms with Crippen molar-refractivity contribution in [2.75, 3.05) is 6.61 Å². The van der Waals surface area contributed by atoms with E-state index in [1.165, 1.54) is 11.1 Å². The fraction of sp³-hybridized carbons (Fsp3) is 0.348. The molecule has 29 heavy (non-hydrogen) atoms. The van der Waals surface area contributed by atoms with E-state index in [9.17, 15) is 4.79 Å². The van der Waals surface area contributed by atoms with E-state index in [0.717, 1.165) is 16.9 Å². The van der Waals surface area contributed by atoms with Crippen LogP contribution in [-0.2, 0) is 11.3 Å². The third kappa shape index (κ3) is 3.88. The summed E-state index contributed by atoms with van der Waals surface area (Å²) in [6.07, 6.45) is 1.17. The third-order valence-corrected chi connectivity index (χ3v) is 5.33. The third-order valence-electron chi connectivity index (χ3n) is 5.33. The van der Waals surface area contributed by atoms with Gasteiger partial charge in [0.2, 0.25) is 17.6 Å². The van der Waals surface area contributed by atoms with Gasteiger partial charge in [-0.05, 0) is 50.5 Å². The van der Waals surface area contributed by atoms with Crippen molar-refractivity contribution in [1.82, 2.24) is 15.0 Å². The molecule has 2 aromatic carbocycles. The molecule has 6 heteroatoms. The molecular weight excluding hydrogens is 366 g/mol. The molecule has 1 fully saturated rings. The van der Waals surface area contributed by atoms with Crippen molar-refractivity contribution in [2.45, 2.75) is 46.2 Å². The highest BCUT2D eigenvalue weighted by Crippen LogP contribution is 2.35. The van der Waals surface area contributed by atoms with Crippen molar-refractivity contribution in [2.24, 2.45) is 0 Å². The van der Waals surface area contributed by atoms with Crippen molar-refractivity contribution in [1.29, 1.82) is 0 Å². The maximum absolute atomic E-state index is 12.6. The summed E-state index contributed by atoms with van der Waals surface area (Å²) in [4.78, 5) is 19.1. The molecule has 1 unspecified atom stereocenters. The molecule has 0 N–H and O–H groups in total. The highest BCUT2D eigenvalue weighted by Gasteiger charge is 2.36. The van der Waals surface area contributed by atoms with Gasteiger partial charge < -0.3 is 14.2 Å². The molecule has 1 aliphatic heterocycles. The smallest absolute Gasteiger partial charge is 0.249 e. The Hall–Kier alpha value is -3.15. The van der Waals surface area contributed by atoms with Gasteiger partial charge in [-0.3, -0.25) is 4.79 Å². The first-order chi connectivity index (χ1) is 14.1. The van der Waals surface area contributed by atoms with Crippen LogP contribution < -0.4 is 4.74 Å². The number of hydrogen-bond acceptors (Lipinski definition) is 5. The number of carbonyl (C=O) groups is 1. The van der Waals surface area contributed by atoms with Crippen molar-refractivity contribution < 1.29 is 14.1 Å². The largest absolute Gasteiger partial charge is 0.493 e. The van der Waals surface area contributed by atoms with Gasteiger partial charge >= 0.3 is 0 Å². The topological polar surface area (TPSA) is 68.5 Å². The zero-order valence-electron chi connectivity index (χ0n) is 17.0. The minimum atomic E-state index is -0.206. The number of likely N-dealkylation sites (tertiary alicyclic amines) is 1. The summed E-state index contributed by atoms with van der Waals surface area (Å²) < 4.78 is 11.3. The summed E-state index contributed by atoms with van der Waals surface area (Å²) in [7, 11) is 0. The number of benzene rings is 2. The van der Waals surface area contributed by atoms with Crippen molar-refractivity contribution in [3.63, 3.8) is 0 Å². The number of nitrogens with zero attached hydrogens (tertiary/aromatic N) is 3. The lowest BCUT2D eigenvalue weighted by molar-refractivity contribution is -0.130. The summed E-state index contributed by atoms with van der Waals surface area (Å²) in [5.41, 5.74) is 4.29. The molecule has 1 atom stereocenters. The number of hydrogen-bond donors (Lipinski definition) is 0. The molecule has 150 valence electrons. The molecule has 1 amide bonds. The van der Waals surface area contributed by atoms with E-state index in [0.29, 0.717) is 37.7 Å². The fourth-order valence-corrected chi connectivity index (χ4v) is 3.76. The van der Waals surface area contributed by atoms with Gasteiger partial charge in [0.25, 0.3) is 0 Å². The summed E-state index contributed by atoms with van der Waals surface area (Å²) in [5.74, 6) is 1.79. The minimum Gasteiger partial charge on any atom is -0.493 e. The van der Waals surface area contributed by atoms with Gasteiger partial charge in [-0.2, -0.15) is 4.98 Å². The van der Waals surface area contributed by atoms with E-state index in [-0.39, 0.29) is 11.9 Å². The second kappa shape index (κ2) is 8.07. The maximum atomic E-state index is 12.6. The van der Waals surface area contributed by atoms with Gasteiger partial charge in [-0.25, -0.2) is 0 Å². The average molecular weight is 391 g/mol. The van der Waals surface area contributed by atoms with Crippen LogP contribution in [0.15, 0.2) is 47.0 Å². The number of amides is 1. The van der Waals surface area contributed by atoms with Crippen molar-refractivity contribution >= 4 is 5.91 Å². The van der Waals surface area contributed by atoms with Crippen LogP contribution in [-0.4, -0.2) is 27.6 Å². The Morgan fingerprint density at radius 3 is 2.86 bits per heavy atom. The average Bonchev–Trinajstić information content (AvgIpc) is 3.33. The summed E-state index contributed by atoms with van der Waals surface area (Å²) in [6.45, 7) is 7.17.